The predicted molar refractivity (Wildman–Crippen MR) is 265 cm³/mol. The quantitative estimate of drug-likeness (QED) is 0.166. The first kappa shape index (κ1) is 35.0. The van der Waals surface area contributed by atoms with E-state index in [0.29, 0.717) is 17.5 Å². The molecule has 0 N–H and O–H groups in total. The molecule has 64 heavy (non-hydrogen) atoms. The van der Waals surface area contributed by atoms with Crippen molar-refractivity contribution >= 4 is 97.6 Å². The number of benzene rings is 11. The highest BCUT2D eigenvalue weighted by atomic mass is 16.3. The maximum absolute atomic E-state index is 7.15. The second kappa shape index (κ2) is 13.4. The molecule has 0 atom stereocenters. The third-order valence-corrected chi connectivity index (χ3v) is 13.2. The van der Waals surface area contributed by atoms with Crippen molar-refractivity contribution in [3.05, 3.63) is 206 Å². The van der Waals surface area contributed by atoms with E-state index in [4.69, 9.17) is 19.4 Å². The molecule has 0 radical (unpaired) electrons. The van der Waals surface area contributed by atoms with Crippen LogP contribution >= 0.6 is 0 Å². The number of para-hydroxylation sites is 1. The van der Waals surface area contributed by atoms with Gasteiger partial charge < -0.3 is 8.98 Å². The van der Waals surface area contributed by atoms with Gasteiger partial charge in [0.1, 0.15) is 11.2 Å². The molecular formula is C59H34N4O. The topological polar surface area (TPSA) is 56.7 Å². The van der Waals surface area contributed by atoms with Crippen LogP contribution in [0.2, 0.25) is 0 Å². The Kier molecular flexibility index (Phi) is 7.33. The minimum absolute atomic E-state index is 0.552. The third-order valence-electron chi connectivity index (χ3n) is 13.2. The van der Waals surface area contributed by atoms with E-state index in [0.717, 1.165) is 82.3 Å². The zero-order valence-corrected chi connectivity index (χ0v) is 34.3. The first-order valence-electron chi connectivity index (χ1n) is 21.7. The van der Waals surface area contributed by atoms with Gasteiger partial charge >= 0.3 is 0 Å². The van der Waals surface area contributed by atoms with E-state index in [1.54, 1.807) is 0 Å². The van der Waals surface area contributed by atoms with Crippen LogP contribution in [0.3, 0.4) is 0 Å². The molecule has 5 heteroatoms. The van der Waals surface area contributed by atoms with Gasteiger partial charge in [-0.1, -0.05) is 170 Å². The number of fused-ring (bicyclic) bond motifs is 14. The van der Waals surface area contributed by atoms with Gasteiger partial charge in [0.15, 0.2) is 17.5 Å². The number of aromatic nitrogens is 4. The van der Waals surface area contributed by atoms with Crippen LogP contribution in [0.1, 0.15) is 0 Å². The Morgan fingerprint density at radius 2 is 0.938 bits per heavy atom. The zero-order valence-electron chi connectivity index (χ0n) is 34.3. The molecule has 11 aromatic carbocycles. The molecule has 0 saturated heterocycles. The lowest BCUT2D eigenvalue weighted by Crippen LogP contribution is -2.01. The lowest BCUT2D eigenvalue weighted by atomic mass is 9.97. The van der Waals surface area contributed by atoms with Crippen molar-refractivity contribution in [3.8, 4) is 39.9 Å². The summed E-state index contributed by atoms with van der Waals surface area (Å²) in [5.41, 5.74) is 7.57. The Hall–Kier alpha value is -8.67. The first-order chi connectivity index (χ1) is 31.7. The molecule has 0 spiro atoms. The average Bonchev–Trinajstić information content (AvgIpc) is 3.91. The average molecular weight is 815 g/mol. The van der Waals surface area contributed by atoms with Crippen molar-refractivity contribution in [3.63, 3.8) is 0 Å². The molecule has 0 unspecified atom stereocenters. The van der Waals surface area contributed by atoms with E-state index in [9.17, 15) is 0 Å². The fraction of sp³-hybridized carbons (Fsp3) is 0. The largest absolute Gasteiger partial charge is 0.455 e. The number of hydrogen-bond donors (Lipinski definition) is 0. The van der Waals surface area contributed by atoms with Crippen molar-refractivity contribution in [1.29, 1.82) is 0 Å². The Morgan fingerprint density at radius 1 is 0.328 bits per heavy atom. The van der Waals surface area contributed by atoms with E-state index in [-0.39, 0.29) is 0 Å². The Balaban J connectivity index is 1.05. The lowest BCUT2D eigenvalue weighted by Gasteiger charge is -2.13. The second-order valence-corrected chi connectivity index (χ2v) is 16.7. The summed E-state index contributed by atoms with van der Waals surface area (Å²) in [5.74, 6) is 1.76. The van der Waals surface area contributed by atoms with Gasteiger partial charge in [-0.3, -0.25) is 0 Å². The monoisotopic (exact) mass is 814 g/mol. The van der Waals surface area contributed by atoms with Crippen LogP contribution in [-0.4, -0.2) is 19.5 Å². The molecule has 0 aliphatic heterocycles. The standard InChI is InChI=1S/C59H34N4O/c1-2-16-36(17-3-1)57-60-58(62-59(61-57)48-32-39-20-7-8-21-40(39)42-23-10-11-24-43(42)48)47-28-14-27-46-55-45-26-13-12-25-44(45)52(34-53(55)64-56(46)47)63-50-30-29-35-15-6-9-22-41(35)54(50)49-31-37-18-4-5-19-38(37)33-51(49)63/h1-34H. The van der Waals surface area contributed by atoms with Gasteiger partial charge in [0.05, 0.1) is 22.3 Å². The van der Waals surface area contributed by atoms with Crippen molar-refractivity contribution in [2.24, 2.45) is 0 Å². The maximum atomic E-state index is 7.15. The van der Waals surface area contributed by atoms with Crippen LogP contribution in [0.25, 0.3) is 137 Å². The fourth-order valence-corrected chi connectivity index (χ4v) is 10.3. The van der Waals surface area contributed by atoms with Crippen molar-refractivity contribution in [2.45, 2.75) is 0 Å². The van der Waals surface area contributed by atoms with E-state index in [2.05, 4.69) is 193 Å². The lowest BCUT2D eigenvalue weighted by molar-refractivity contribution is 0.669. The molecule has 5 nitrogen and oxygen atoms in total. The van der Waals surface area contributed by atoms with Gasteiger partial charge in [-0.05, 0) is 78.8 Å². The Bertz CT molecular complexity index is 4260. The normalized spacial score (nSPS) is 12.1. The number of furan rings is 1. The van der Waals surface area contributed by atoms with Crippen LogP contribution in [0.5, 0.6) is 0 Å². The number of nitrogens with zero attached hydrogens (tertiary/aromatic N) is 4. The van der Waals surface area contributed by atoms with Gasteiger partial charge in [-0.15, -0.1) is 0 Å². The molecule has 0 fully saturated rings. The highest BCUT2D eigenvalue weighted by molar-refractivity contribution is 6.26. The summed E-state index contributed by atoms with van der Waals surface area (Å²) in [6.07, 6.45) is 0. The zero-order chi connectivity index (χ0) is 41.9. The van der Waals surface area contributed by atoms with Crippen LogP contribution in [0.15, 0.2) is 211 Å². The first-order valence-corrected chi connectivity index (χ1v) is 21.7. The fourth-order valence-electron chi connectivity index (χ4n) is 10.3. The molecule has 296 valence electrons. The molecular weight excluding hydrogens is 781 g/mol. The number of rotatable bonds is 4. The van der Waals surface area contributed by atoms with Crippen LogP contribution in [0.4, 0.5) is 0 Å². The molecule has 0 amide bonds. The van der Waals surface area contributed by atoms with E-state index < -0.39 is 0 Å². The second-order valence-electron chi connectivity index (χ2n) is 16.7. The van der Waals surface area contributed by atoms with Crippen LogP contribution in [0, 0.1) is 0 Å². The van der Waals surface area contributed by atoms with E-state index in [1.165, 1.54) is 37.7 Å². The molecule has 14 aromatic rings. The summed E-state index contributed by atoms with van der Waals surface area (Å²) in [6.45, 7) is 0. The van der Waals surface area contributed by atoms with Crippen molar-refractivity contribution in [1.82, 2.24) is 19.5 Å². The summed E-state index contributed by atoms with van der Waals surface area (Å²) in [5, 5.41) is 16.2. The molecule has 14 rings (SSSR count). The minimum atomic E-state index is 0.552. The summed E-state index contributed by atoms with van der Waals surface area (Å²) in [6, 6.07) is 73.3. The van der Waals surface area contributed by atoms with Gasteiger partial charge in [0.25, 0.3) is 0 Å². The Labute approximate surface area is 366 Å². The van der Waals surface area contributed by atoms with Gasteiger partial charge in [-0.2, -0.15) is 0 Å². The van der Waals surface area contributed by atoms with Gasteiger partial charge in [-0.25, -0.2) is 15.0 Å². The molecule has 0 saturated carbocycles. The van der Waals surface area contributed by atoms with Crippen LogP contribution in [-0.2, 0) is 0 Å². The summed E-state index contributed by atoms with van der Waals surface area (Å²) in [4.78, 5) is 15.7. The highest BCUT2D eigenvalue weighted by Gasteiger charge is 2.23. The predicted octanol–water partition coefficient (Wildman–Crippen LogP) is 15.6. The third kappa shape index (κ3) is 5.09. The maximum Gasteiger partial charge on any atom is 0.167 e. The molecule has 0 bridgehead atoms. The minimum Gasteiger partial charge on any atom is -0.455 e. The molecule has 3 aromatic heterocycles. The smallest absolute Gasteiger partial charge is 0.167 e. The number of hydrogen-bond acceptors (Lipinski definition) is 4. The SMILES string of the molecule is c1ccc(-c2nc(-c3cc4ccccc4c4ccccc34)nc(-c3cccc4c3oc3cc(-n5c6cc7ccccc7cc6c6c7ccccc7ccc65)c5ccccc5c34)n2)cc1. The molecule has 3 heterocycles. The molecule has 0 aliphatic carbocycles. The Morgan fingerprint density at radius 3 is 1.75 bits per heavy atom. The van der Waals surface area contributed by atoms with Crippen molar-refractivity contribution < 1.29 is 4.42 Å². The van der Waals surface area contributed by atoms with Crippen LogP contribution < -0.4 is 0 Å². The van der Waals surface area contributed by atoms with E-state index >= 15 is 0 Å². The van der Waals surface area contributed by atoms with Gasteiger partial charge in [0.2, 0.25) is 0 Å². The molecule has 0 aliphatic rings. The summed E-state index contributed by atoms with van der Waals surface area (Å²) in [7, 11) is 0. The van der Waals surface area contributed by atoms with Crippen molar-refractivity contribution in [2.75, 3.05) is 0 Å². The van der Waals surface area contributed by atoms with Gasteiger partial charge in [0, 0.05) is 44.1 Å². The summed E-state index contributed by atoms with van der Waals surface area (Å²) < 4.78 is 9.60. The highest BCUT2D eigenvalue weighted by Crippen LogP contribution is 2.45. The van der Waals surface area contributed by atoms with E-state index in [1.807, 2.05) is 18.2 Å². The summed E-state index contributed by atoms with van der Waals surface area (Å²) >= 11 is 0.